The van der Waals surface area contributed by atoms with Crippen molar-refractivity contribution in [2.45, 2.75) is 20.4 Å². The van der Waals surface area contributed by atoms with Crippen LogP contribution in [0.2, 0.25) is 0 Å². The van der Waals surface area contributed by atoms with Crippen LogP contribution >= 0.6 is 0 Å². The Morgan fingerprint density at radius 1 is 1.50 bits per heavy atom. The number of hydrogen-bond acceptors (Lipinski definition) is 3. The van der Waals surface area contributed by atoms with Gasteiger partial charge in [-0.1, -0.05) is 0 Å². The molecule has 0 aliphatic carbocycles. The molecule has 1 aromatic heterocycles. The third kappa shape index (κ3) is 1.56. The van der Waals surface area contributed by atoms with Gasteiger partial charge in [-0.15, -0.1) is 0 Å². The van der Waals surface area contributed by atoms with E-state index in [0.717, 1.165) is 23.4 Å². The molecule has 4 nitrogen and oxygen atoms in total. The molecule has 0 N–H and O–H groups in total. The molecule has 0 bridgehead atoms. The summed E-state index contributed by atoms with van der Waals surface area (Å²) in [4.78, 5) is 15.8. The summed E-state index contributed by atoms with van der Waals surface area (Å²) in [6, 6.07) is 5.41. The van der Waals surface area contributed by atoms with Gasteiger partial charge in [0.25, 0.3) is 0 Å². The number of rotatable bonds is 2. The number of imidazole rings is 1. The van der Waals surface area contributed by atoms with Crippen molar-refractivity contribution in [3.8, 4) is 0 Å². The van der Waals surface area contributed by atoms with Crippen LogP contribution in [0, 0.1) is 6.92 Å². The fourth-order valence-electron chi connectivity index (χ4n) is 1.89. The molecule has 1 heterocycles. The standard InChI is InChI=1S/C12H14N2O2/c1-4-14-8(2)13-10-6-5-9(7-11(10)14)12(15)16-3/h5-7H,4H2,1-3H3. The van der Waals surface area contributed by atoms with Gasteiger partial charge in [0.1, 0.15) is 5.82 Å². The van der Waals surface area contributed by atoms with Crippen LogP contribution < -0.4 is 0 Å². The maximum atomic E-state index is 11.4. The summed E-state index contributed by atoms with van der Waals surface area (Å²) in [6.07, 6.45) is 0. The molecule has 0 fully saturated rings. The molecule has 0 aliphatic heterocycles. The Morgan fingerprint density at radius 3 is 2.88 bits per heavy atom. The van der Waals surface area contributed by atoms with Crippen molar-refractivity contribution >= 4 is 17.0 Å². The SMILES string of the molecule is CCn1c(C)nc2ccc(C(=O)OC)cc21. The second-order valence-electron chi connectivity index (χ2n) is 3.60. The minimum Gasteiger partial charge on any atom is -0.465 e. The third-order valence-electron chi connectivity index (χ3n) is 2.68. The minimum absolute atomic E-state index is 0.316. The average Bonchev–Trinajstić information content (AvgIpc) is 2.62. The second kappa shape index (κ2) is 3.96. The van der Waals surface area contributed by atoms with E-state index in [1.165, 1.54) is 7.11 Å². The highest BCUT2D eigenvalue weighted by atomic mass is 16.5. The van der Waals surface area contributed by atoms with Gasteiger partial charge < -0.3 is 9.30 Å². The average molecular weight is 218 g/mol. The number of benzene rings is 1. The number of fused-ring (bicyclic) bond motifs is 1. The fraction of sp³-hybridized carbons (Fsp3) is 0.333. The number of ether oxygens (including phenoxy) is 1. The van der Waals surface area contributed by atoms with E-state index in [4.69, 9.17) is 4.74 Å². The normalized spacial score (nSPS) is 10.7. The van der Waals surface area contributed by atoms with Crippen molar-refractivity contribution in [3.05, 3.63) is 29.6 Å². The molecule has 2 aromatic rings. The molecule has 2 rings (SSSR count). The summed E-state index contributed by atoms with van der Waals surface area (Å²) in [5.74, 6) is 0.642. The van der Waals surface area contributed by atoms with Crippen molar-refractivity contribution in [3.63, 3.8) is 0 Å². The molecule has 0 spiro atoms. The van der Waals surface area contributed by atoms with Crippen LogP contribution in [0.1, 0.15) is 23.1 Å². The first-order valence-corrected chi connectivity index (χ1v) is 5.22. The Bertz CT molecular complexity index is 543. The number of aromatic nitrogens is 2. The van der Waals surface area contributed by atoms with Gasteiger partial charge in [-0.2, -0.15) is 0 Å². The maximum absolute atomic E-state index is 11.4. The highest BCUT2D eigenvalue weighted by Crippen LogP contribution is 2.18. The van der Waals surface area contributed by atoms with E-state index in [-0.39, 0.29) is 5.97 Å². The van der Waals surface area contributed by atoms with Crippen LogP contribution in [-0.2, 0) is 11.3 Å². The molecule has 0 aliphatic rings. The van der Waals surface area contributed by atoms with Crippen molar-refractivity contribution in [2.24, 2.45) is 0 Å². The van der Waals surface area contributed by atoms with E-state index >= 15 is 0 Å². The first kappa shape index (κ1) is 10.7. The lowest BCUT2D eigenvalue weighted by atomic mass is 10.2. The number of hydrogen-bond donors (Lipinski definition) is 0. The van der Waals surface area contributed by atoms with Gasteiger partial charge in [-0.3, -0.25) is 0 Å². The Morgan fingerprint density at radius 2 is 2.25 bits per heavy atom. The van der Waals surface area contributed by atoms with E-state index < -0.39 is 0 Å². The van der Waals surface area contributed by atoms with Crippen LogP contribution in [0.4, 0.5) is 0 Å². The van der Waals surface area contributed by atoms with Crippen LogP contribution in [-0.4, -0.2) is 22.6 Å². The molecule has 0 atom stereocenters. The minimum atomic E-state index is -0.316. The number of carbonyl (C=O) groups is 1. The highest BCUT2D eigenvalue weighted by Gasteiger charge is 2.10. The molecule has 0 unspecified atom stereocenters. The molecule has 84 valence electrons. The number of carbonyl (C=O) groups excluding carboxylic acids is 1. The monoisotopic (exact) mass is 218 g/mol. The molecule has 1 aromatic carbocycles. The van der Waals surface area contributed by atoms with Gasteiger partial charge in [0.2, 0.25) is 0 Å². The molecular formula is C12H14N2O2. The van der Waals surface area contributed by atoms with Gasteiger partial charge in [-0.25, -0.2) is 9.78 Å². The first-order chi connectivity index (χ1) is 7.67. The summed E-state index contributed by atoms with van der Waals surface area (Å²) >= 11 is 0. The Balaban J connectivity index is 2.64. The molecule has 0 radical (unpaired) electrons. The lowest BCUT2D eigenvalue weighted by Gasteiger charge is -2.03. The summed E-state index contributed by atoms with van der Waals surface area (Å²) in [5.41, 5.74) is 2.44. The van der Waals surface area contributed by atoms with Crippen molar-refractivity contribution in [1.29, 1.82) is 0 Å². The lowest BCUT2D eigenvalue weighted by molar-refractivity contribution is 0.0601. The van der Waals surface area contributed by atoms with Crippen molar-refractivity contribution in [2.75, 3.05) is 7.11 Å². The Labute approximate surface area is 93.9 Å². The number of aryl methyl sites for hydroxylation is 2. The van der Waals surface area contributed by atoms with Crippen LogP contribution in [0.15, 0.2) is 18.2 Å². The largest absolute Gasteiger partial charge is 0.465 e. The number of methoxy groups -OCH3 is 1. The fourth-order valence-corrected chi connectivity index (χ4v) is 1.89. The Hall–Kier alpha value is -1.84. The van der Waals surface area contributed by atoms with Gasteiger partial charge in [0.05, 0.1) is 23.7 Å². The van der Waals surface area contributed by atoms with Crippen LogP contribution in [0.3, 0.4) is 0 Å². The summed E-state index contributed by atoms with van der Waals surface area (Å²) in [5, 5.41) is 0. The topological polar surface area (TPSA) is 44.1 Å². The zero-order valence-corrected chi connectivity index (χ0v) is 9.65. The van der Waals surface area contributed by atoms with Crippen molar-refractivity contribution < 1.29 is 9.53 Å². The van der Waals surface area contributed by atoms with Crippen LogP contribution in [0.25, 0.3) is 11.0 Å². The maximum Gasteiger partial charge on any atom is 0.337 e. The summed E-state index contributed by atoms with van der Waals surface area (Å²) in [7, 11) is 1.38. The zero-order valence-electron chi connectivity index (χ0n) is 9.65. The van der Waals surface area contributed by atoms with E-state index in [1.54, 1.807) is 6.07 Å². The predicted molar refractivity (Wildman–Crippen MR) is 61.5 cm³/mol. The quantitative estimate of drug-likeness (QED) is 0.725. The highest BCUT2D eigenvalue weighted by molar-refractivity contribution is 5.93. The predicted octanol–water partition coefficient (Wildman–Crippen LogP) is 2.15. The second-order valence-corrected chi connectivity index (χ2v) is 3.60. The van der Waals surface area contributed by atoms with Gasteiger partial charge in [-0.05, 0) is 32.0 Å². The van der Waals surface area contributed by atoms with E-state index in [2.05, 4.69) is 16.5 Å². The van der Waals surface area contributed by atoms with E-state index in [9.17, 15) is 4.79 Å². The summed E-state index contributed by atoms with van der Waals surface area (Å²) < 4.78 is 6.77. The number of nitrogens with zero attached hydrogens (tertiary/aromatic N) is 2. The molecule has 4 heteroatoms. The van der Waals surface area contributed by atoms with E-state index in [1.807, 2.05) is 19.1 Å². The summed E-state index contributed by atoms with van der Waals surface area (Å²) in [6.45, 7) is 4.85. The lowest BCUT2D eigenvalue weighted by Crippen LogP contribution is -2.02. The van der Waals surface area contributed by atoms with Gasteiger partial charge in [0, 0.05) is 6.54 Å². The molecule has 0 saturated heterocycles. The molecule has 0 amide bonds. The first-order valence-electron chi connectivity index (χ1n) is 5.22. The molecular weight excluding hydrogens is 204 g/mol. The number of esters is 1. The Kier molecular flexibility index (Phi) is 2.64. The van der Waals surface area contributed by atoms with E-state index in [0.29, 0.717) is 5.56 Å². The zero-order chi connectivity index (χ0) is 11.7. The smallest absolute Gasteiger partial charge is 0.337 e. The third-order valence-corrected chi connectivity index (χ3v) is 2.68. The van der Waals surface area contributed by atoms with Crippen LogP contribution in [0.5, 0.6) is 0 Å². The van der Waals surface area contributed by atoms with Gasteiger partial charge >= 0.3 is 5.97 Å². The molecule has 16 heavy (non-hydrogen) atoms. The molecule has 0 saturated carbocycles. The van der Waals surface area contributed by atoms with Gasteiger partial charge in [0.15, 0.2) is 0 Å². The van der Waals surface area contributed by atoms with Crippen molar-refractivity contribution in [1.82, 2.24) is 9.55 Å².